The third-order valence-electron chi connectivity index (χ3n) is 2.80. The fraction of sp³-hybridized carbons (Fsp3) is 0.294. The molecule has 0 saturated carbocycles. The van der Waals surface area contributed by atoms with Crippen molar-refractivity contribution in [2.24, 2.45) is 0 Å². The van der Waals surface area contributed by atoms with Crippen molar-refractivity contribution in [2.75, 3.05) is 0 Å². The molecule has 0 aliphatic carbocycles. The summed E-state index contributed by atoms with van der Waals surface area (Å²) in [6, 6.07) is 23.6. The normalized spacial score (nSPS) is 11.8. The van der Waals surface area contributed by atoms with E-state index in [1.165, 1.54) is 6.04 Å². The van der Waals surface area contributed by atoms with Crippen LogP contribution in [0.5, 0.6) is 0 Å². The summed E-state index contributed by atoms with van der Waals surface area (Å²) in [6.45, 7) is 7.51. The molecule has 0 unspecified atom stereocenters. The SMILES string of the molecule is C[Si](C)(C)CC([Se]c1ccccc1)[Se]c1ccccc1. The van der Waals surface area contributed by atoms with Gasteiger partial charge in [-0.3, -0.25) is 0 Å². The van der Waals surface area contributed by atoms with Crippen LogP contribution in [-0.2, 0) is 0 Å². The van der Waals surface area contributed by atoms with Gasteiger partial charge in [0.05, 0.1) is 0 Å². The molecular formula is C17H22Se2Si. The molecule has 0 N–H and O–H groups in total. The van der Waals surface area contributed by atoms with E-state index in [9.17, 15) is 0 Å². The fourth-order valence-electron chi connectivity index (χ4n) is 1.91. The fourth-order valence-corrected chi connectivity index (χ4v) is 16.1. The van der Waals surface area contributed by atoms with Crippen LogP contribution in [0, 0.1) is 0 Å². The standard InChI is InChI=1S/C17H22Se2Si/c1-20(2,3)14-17(18-15-10-6-4-7-11-15)19-16-12-8-5-9-13-16/h4-13,17H,14H2,1-3H3. The third kappa shape index (κ3) is 5.99. The topological polar surface area (TPSA) is 0 Å². The Labute approximate surface area is 136 Å². The van der Waals surface area contributed by atoms with Crippen LogP contribution in [0.3, 0.4) is 0 Å². The zero-order valence-electron chi connectivity index (χ0n) is 12.4. The molecular weight excluding hydrogens is 390 g/mol. The van der Waals surface area contributed by atoms with E-state index in [4.69, 9.17) is 0 Å². The average molecular weight is 412 g/mol. The molecule has 0 spiro atoms. The summed E-state index contributed by atoms with van der Waals surface area (Å²) >= 11 is 1.22. The van der Waals surface area contributed by atoms with E-state index in [1.807, 2.05) is 0 Å². The van der Waals surface area contributed by atoms with Gasteiger partial charge in [0.1, 0.15) is 0 Å². The van der Waals surface area contributed by atoms with Crippen molar-refractivity contribution in [3.63, 3.8) is 0 Å². The Morgan fingerprint density at radius 2 is 1.15 bits per heavy atom. The minimum atomic E-state index is -0.997. The summed E-state index contributed by atoms with van der Waals surface area (Å²) in [5.74, 6) is 0. The average Bonchev–Trinajstić information content (AvgIpc) is 2.39. The Bertz CT molecular complexity index is 464. The molecule has 0 nitrogen and oxygen atoms in total. The number of benzene rings is 2. The van der Waals surface area contributed by atoms with Crippen LogP contribution in [0.15, 0.2) is 60.7 Å². The monoisotopic (exact) mass is 414 g/mol. The van der Waals surface area contributed by atoms with E-state index in [2.05, 4.69) is 80.3 Å². The molecule has 0 fully saturated rings. The summed E-state index contributed by atoms with van der Waals surface area (Å²) in [4.78, 5) is 0. The molecule has 0 atom stereocenters. The predicted octanol–water partition coefficient (Wildman–Crippen LogP) is 3.13. The van der Waals surface area contributed by atoms with E-state index in [-0.39, 0.29) is 0 Å². The van der Waals surface area contributed by atoms with E-state index in [0.29, 0.717) is 29.9 Å². The summed E-state index contributed by atoms with van der Waals surface area (Å²) in [6.07, 6.45) is 0. The van der Waals surface area contributed by atoms with Gasteiger partial charge in [-0.25, -0.2) is 0 Å². The minimum absolute atomic E-state index is 0.609. The molecule has 0 aliphatic heterocycles. The molecule has 20 heavy (non-hydrogen) atoms. The van der Waals surface area contributed by atoms with E-state index in [0.717, 1.165) is 3.71 Å². The number of hydrogen-bond donors (Lipinski definition) is 0. The molecule has 0 saturated heterocycles. The van der Waals surface area contributed by atoms with Gasteiger partial charge < -0.3 is 0 Å². The van der Waals surface area contributed by atoms with E-state index in [1.54, 1.807) is 8.92 Å². The first kappa shape index (κ1) is 16.1. The summed E-state index contributed by atoms with van der Waals surface area (Å²) in [7, 11) is -0.997. The number of rotatable bonds is 6. The quantitative estimate of drug-likeness (QED) is 0.640. The van der Waals surface area contributed by atoms with Gasteiger partial charge in [0, 0.05) is 0 Å². The third-order valence-corrected chi connectivity index (χ3v) is 11.9. The maximum absolute atomic E-state index is 2.50. The first-order valence-electron chi connectivity index (χ1n) is 6.96. The molecule has 0 heterocycles. The van der Waals surface area contributed by atoms with Crippen molar-refractivity contribution in [1.82, 2.24) is 0 Å². The second kappa shape index (κ2) is 7.63. The van der Waals surface area contributed by atoms with Crippen molar-refractivity contribution in [3.8, 4) is 0 Å². The second-order valence-electron chi connectivity index (χ2n) is 6.06. The molecule has 0 radical (unpaired) electrons. The van der Waals surface area contributed by atoms with Crippen LogP contribution >= 0.6 is 0 Å². The van der Waals surface area contributed by atoms with E-state index >= 15 is 0 Å². The van der Waals surface area contributed by atoms with Crippen LogP contribution < -0.4 is 8.92 Å². The zero-order valence-corrected chi connectivity index (χ0v) is 16.8. The molecule has 2 aromatic carbocycles. The van der Waals surface area contributed by atoms with Crippen molar-refractivity contribution in [3.05, 3.63) is 60.7 Å². The maximum atomic E-state index is 2.50. The Hall–Kier alpha value is -0.304. The van der Waals surface area contributed by atoms with Crippen molar-refractivity contribution in [1.29, 1.82) is 0 Å². The second-order valence-corrected chi connectivity index (χ2v) is 18.5. The summed E-state index contributed by atoms with van der Waals surface area (Å²) in [5.41, 5.74) is 0. The molecule has 0 aliphatic rings. The van der Waals surface area contributed by atoms with Gasteiger partial charge in [-0.2, -0.15) is 0 Å². The van der Waals surface area contributed by atoms with Crippen LogP contribution in [0.1, 0.15) is 0 Å². The van der Waals surface area contributed by atoms with Crippen LogP contribution in [-0.4, -0.2) is 38.0 Å². The Balaban J connectivity index is 2.08. The molecule has 0 amide bonds. The van der Waals surface area contributed by atoms with Crippen LogP contribution in [0.2, 0.25) is 29.4 Å². The van der Waals surface area contributed by atoms with Crippen LogP contribution in [0.25, 0.3) is 0 Å². The van der Waals surface area contributed by atoms with Crippen molar-refractivity contribution in [2.45, 2.75) is 29.4 Å². The van der Waals surface area contributed by atoms with Gasteiger partial charge in [0.15, 0.2) is 0 Å². The van der Waals surface area contributed by atoms with Crippen molar-refractivity contribution < 1.29 is 0 Å². The molecule has 2 rings (SSSR count). The Morgan fingerprint density at radius 1 is 0.750 bits per heavy atom. The first-order chi connectivity index (χ1) is 9.53. The molecule has 3 heteroatoms. The van der Waals surface area contributed by atoms with Gasteiger partial charge in [0.2, 0.25) is 0 Å². The molecule has 2 aromatic rings. The van der Waals surface area contributed by atoms with Crippen LogP contribution in [0.4, 0.5) is 0 Å². The number of hydrogen-bond acceptors (Lipinski definition) is 0. The molecule has 106 valence electrons. The van der Waals surface area contributed by atoms with E-state index < -0.39 is 8.07 Å². The predicted molar refractivity (Wildman–Crippen MR) is 95.6 cm³/mol. The van der Waals surface area contributed by atoms with Gasteiger partial charge >= 0.3 is 137 Å². The summed E-state index contributed by atoms with van der Waals surface area (Å²) < 4.78 is 4.01. The van der Waals surface area contributed by atoms with Crippen molar-refractivity contribution >= 4 is 46.9 Å². The summed E-state index contributed by atoms with van der Waals surface area (Å²) in [5, 5.41) is 0. The molecule has 0 aromatic heterocycles. The van der Waals surface area contributed by atoms with Gasteiger partial charge in [0.25, 0.3) is 0 Å². The van der Waals surface area contributed by atoms with Gasteiger partial charge in [-0.15, -0.1) is 0 Å². The Morgan fingerprint density at radius 3 is 1.50 bits per heavy atom. The Kier molecular flexibility index (Phi) is 6.13. The first-order valence-corrected chi connectivity index (χ1v) is 14.4. The molecule has 0 bridgehead atoms. The van der Waals surface area contributed by atoms with Gasteiger partial charge in [-0.1, -0.05) is 0 Å². The van der Waals surface area contributed by atoms with Gasteiger partial charge in [-0.05, 0) is 0 Å². The zero-order chi connectivity index (χ0) is 14.4.